The van der Waals surface area contributed by atoms with E-state index >= 15 is 0 Å². The minimum atomic E-state index is -0.977. The SMILES string of the molecule is C=C(OC)N(c1nc(C(COCC)COCC)nc(N(COC)C(O)CC)n1)C(O)CC. The summed E-state index contributed by atoms with van der Waals surface area (Å²) in [6.07, 6.45) is -1.06. The number of methoxy groups -OCH3 is 2. The first-order valence-corrected chi connectivity index (χ1v) is 10.9. The van der Waals surface area contributed by atoms with Gasteiger partial charge in [0, 0.05) is 20.3 Å². The summed E-state index contributed by atoms with van der Waals surface area (Å²) in [5.74, 6) is 0.594. The molecule has 0 spiro atoms. The topological polar surface area (TPSA) is 123 Å². The molecule has 1 heterocycles. The van der Waals surface area contributed by atoms with Crippen molar-refractivity contribution in [3.05, 3.63) is 18.3 Å². The van der Waals surface area contributed by atoms with Gasteiger partial charge in [-0.3, -0.25) is 9.80 Å². The number of anilines is 2. The van der Waals surface area contributed by atoms with Gasteiger partial charge in [0.1, 0.15) is 25.0 Å². The fourth-order valence-electron chi connectivity index (χ4n) is 2.83. The molecule has 1 aromatic rings. The molecule has 32 heavy (non-hydrogen) atoms. The standard InChI is InChI=1S/C21H39N5O6/c1-8-17(27)25(14-29-6)20-22-19(16(12-31-10-3)13-32-11-4)23-21(24-20)26(15(5)30-7)18(28)9-2/h16-18,27-28H,5,8-14H2,1-4,6-7H3. The lowest BCUT2D eigenvalue weighted by atomic mass is 10.1. The van der Waals surface area contributed by atoms with Crippen LogP contribution in [-0.4, -0.2) is 85.0 Å². The Morgan fingerprint density at radius 1 is 0.906 bits per heavy atom. The molecular weight excluding hydrogens is 418 g/mol. The van der Waals surface area contributed by atoms with Crippen LogP contribution < -0.4 is 9.80 Å². The molecule has 0 saturated heterocycles. The zero-order valence-corrected chi connectivity index (χ0v) is 20.2. The van der Waals surface area contributed by atoms with Crippen molar-refractivity contribution in [3.8, 4) is 0 Å². The zero-order valence-electron chi connectivity index (χ0n) is 20.2. The average molecular weight is 458 g/mol. The first-order valence-electron chi connectivity index (χ1n) is 10.9. The van der Waals surface area contributed by atoms with Gasteiger partial charge in [0.15, 0.2) is 5.88 Å². The predicted molar refractivity (Wildman–Crippen MR) is 121 cm³/mol. The molecule has 1 rings (SSSR count). The molecule has 0 aromatic carbocycles. The lowest BCUT2D eigenvalue weighted by Crippen LogP contribution is -2.40. The largest absolute Gasteiger partial charge is 0.482 e. The van der Waals surface area contributed by atoms with Crippen LogP contribution in [0.1, 0.15) is 52.3 Å². The Hall–Kier alpha value is -2.05. The summed E-state index contributed by atoms with van der Waals surface area (Å²) in [5.41, 5.74) is 0. The molecule has 184 valence electrons. The Balaban J connectivity index is 3.65. The number of nitrogens with zero attached hydrogens (tertiary/aromatic N) is 5. The molecule has 2 atom stereocenters. The molecule has 0 bridgehead atoms. The molecule has 0 amide bonds. The highest BCUT2D eigenvalue weighted by Gasteiger charge is 2.28. The molecule has 0 radical (unpaired) electrons. The van der Waals surface area contributed by atoms with E-state index in [9.17, 15) is 10.2 Å². The van der Waals surface area contributed by atoms with Gasteiger partial charge in [-0.2, -0.15) is 15.0 Å². The van der Waals surface area contributed by atoms with E-state index in [0.717, 1.165) is 0 Å². The maximum absolute atomic E-state index is 10.6. The fraction of sp³-hybridized carbons (Fsp3) is 0.762. The van der Waals surface area contributed by atoms with Crippen LogP contribution in [0.5, 0.6) is 0 Å². The molecule has 0 aliphatic rings. The van der Waals surface area contributed by atoms with Crippen LogP contribution in [0, 0.1) is 0 Å². The molecule has 2 unspecified atom stereocenters. The van der Waals surface area contributed by atoms with Crippen LogP contribution in [0.2, 0.25) is 0 Å². The summed E-state index contributed by atoms with van der Waals surface area (Å²) in [6, 6.07) is 0. The molecular formula is C21H39N5O6. The number of hydrogen-bond donors (Lipinski definition) is 2. The summed E-state index contributed by atoms with van der Waals surface area (Å²) in [6.45, 7) is 13.1. The van der Waals surface area contributed by atoms with E-state index in [-0.39, 0.29) is 30.4 Å². The van der Waals surface area contributed by atoms with Gasteiger partial charge in [-0.05, 0) is 33.3 Å². The molecule has 11 heteroatoms. The van der Waals surface area contributed by atoms with E-state index in [4.69, 9.17) is 18.9 Å². The predicted octanol–water partition coefficient (Wildman–Crippen LogP) is 1.82. The summed E-state index contributed by atoms with van der Waals surface area (Å²) in [5, 5.41) is 21.2. The third kappa shape index (κ3) is 7.82. The van der Waals surface area contributed by atoms with Gasteiger partial charge in [0.25, 0.3) is 0 Å². The van der Waals surface area contributed by atoms with Crippen molar-refractivity contribution in [1.29, 1.82) is 0 Å². The summed E-state index contributed by atoms with van der Waals surface area (Å²) >= 11 is 0. The Bertz CT molecular complexity index is 672. The van der Waals surface area contributed by atoms with Gasteiger partial charge in [0.2, 0.25) is 11.9 Å². The number of aliphatic hydroxyl groups is 2. The molecule has 0 fully saturated rings. The third-order valence-electron chi connectivity index (χ3n) is 4.67. The highest BCUT2D eigenvalue weighted by molar-refractivity contribution is 5.44. The second-order valence-corrected chi connectivity index (χ2v) is 6.94. The van der Waals surface area contributed by atoms with Crippen molar-refractivity contribution in [2.75, 3.05) is 57.2 Å². The van der Waals surface area contributed by atoms with Gasteiger partial charge >= 0.3 is 0 Å². The second-order valence-electron chi connectivity index (χ2n) is 6.94. The highest BCUT2D eigenvalue weighted by Crippen LogP contribution is 2.25. The van der Waals surface area contributed by atoms with Crippen molar-refractivity contribution in [2.45, 2.75) is 58.9 Å². The molecule has 0 aliphatic heterocycles. The Kier molecular flexibility index (Phi) is 13.0. The monoisotopic (exact) mass is 457 g/mol. The van der Waals surface area contributed by atoms with Crippen LogP contribution >= 0.6 is 0 Å². The van der Waals surface area contributed by atoms with Crippen LogP contribution in [0.3, 0.4) is 0 Å². The molecule has 0 saturated carbocycles. The quantitative estimate of drug-likeness (QED) is 0.263. The van der Waals surface area contributed by atoms with Gasteiger partial charge in [-0.15, -0.1) is 0 Å². The second kappa shape index (κ2) is 14.9. The van der Waals surface area contributed by atoms with Crippen molar-refractivity contribution in [2.24, 2.45) is 0 Å². The molecule has 2 N–H and O–H groups in total. The molecule has 0 aliphatic carbocycles. The van der Waals surface area contributed by atoms with E-state index in [1.165, 1.54) is 24.0 Å². The van der Waals surface area contributed by atoms with E-state index < -0.39 is 12.5 Å². The van der Waals surface area contributed by atoms with E-state index in [1.807, 2.05) is 27.7 Å². The first-order chi connectivity index (χ1) is 15.4. The fourth-order valence-corrected chi connectivity index (χ4v) is 2.83. The minimum absolute atomic E-state index is 0.0566. The number of rotatable bonds is 17. The van der Waals surface area contributed by atoms with Crippen LogP contribution in [0.25, 0.3) is 0 Å². The number of ether oxygens (including phenoxy) is 4. The summed E-state index contributed by atoms with van der Waals surface area (Å²) in [7, 11) is 2.97. The van der Waals surface area contributed by atoms with Crippen LogP contribution in [0.15, 0.2) is 12.5 Å². The first kappa shape index (κ1) is 28.0. The van der Waals surface area contributed by atoms with Crippen LogP contribution in [-0.2, 0) is 18.9 Å². The maximum atomic E-state index is 10.6. The smallest absolute Gasteiger partial charge is 0.239 e. The average Bonchev–Trinajstić information content (AvgIpc) is 2.81. The molecule has 11 nitrogen and oxygen atoms in total. The third-order valence-corrected chi connectivity index (χ3v) is 4.67. The Morgan fingerprint density at radius 3 is 1.94 bits per heavy atom. The van der Waals surface area contributed by atoms with Gasteiger partial charge in [-0.25, -0.2) is 0 Å². The van der Waals surface area contributed by atoms with E-state index in [1.54, 1.807) is 0 Å². The van der Waals surface area contributed by atoms with Gasteiger partial charge < -0.3 is 29.2 Å². The maximum Gasteiger partial charge on any atom is 0.239 e. The number of aromatic nitrogens is 3. The normalized spacial score (nSPS) is 13.2. The number of hydrogen-bond acceptors (Lipinski definition) is 11. The van der Waals surface area contributed by atoms with Crippen molar-refractivity contribution in [1.82, 2.24) is 15.0 Å². The van der Waals surface area contributed by atoms with Gasteiger partial charge in [-0.1, -0.05) is 13.8 Å². The van der Waals surface area contributed by atoms with E-state index in [0.29, 0.717) is 45.1 Å². The number of aliphatic hydroxyl groups excluding tert-OH is 2. The molecule has 1 aromatic heterocycles. The summed E-state index contributed by atoms with van der Waals surface area (Å²) < 4.78 is 21.8. The van der Waals surface area contributed by atoms with Crippen molar-refractivity contribution in [3.63, 3.8) is 0 Å². The summed E-state index contributed by atoms with van der Waals surface area (Å²) in [4.78, 5) is 16.6. The van der Waals surface area contributed by atoms with Crippen molar-refractivity contribution < 1.29 is 29.2 Å². The minimum Gasteiger partial charge on any atom is -0.482 e. The Labute approximate surface area is 191 Å². The zero-order chi connectivity index (χ0) is 24.1. The Morgan fingerprint density at radius 2 is 1.47 bits per heavy atom. The van der Waals surface area contributed by atoms with E-state index in [2.05, 4.69) is 21.5 Å². The highest BCUT2D eigenvalue weighted by atomic mass is 16.5. The lowest BCUT2D eigenvalue weighted by molar-refractivity contribution is 0.0728. The van der Waals surface area contributed by atoms with Gasteiger partial charge in [0.05, 0.1) is 26.2 Å². The lowest BCUT2D eigenvalue weighted by Gasteiger charge is -2.31. The van der Waals surface area contributed by atoms with Crippen LogP contribution in [0.4, 0.5) is 11.9 Å². The van der Waals surface area contributed by atoms with Crippen molar-refractivity contribution >= 4 is 11.9 Å².